The maximum Gasteiger partial charge on any atom is 0.472 e. The lowest BCUT2D eigenvalue weighted by Gasteiger charge is -2.21. The molecule has 0 aromatic heterocycles. The number of aliphatic hydroxyl groups excluding tert-OH is 1. The van der Waals surface area contributed by atoms with Crippen LogP contribution in [0, 0.1) is 0 Å². The fourth-order valence-electron chi connectivity index (χ4n) is 7.79. The van der Waals surface area contributed by atoms with Gasteiger partial charge < -0.3 is 24.2 Å². The molecule has 2 N–H and O–H groups in total. The van der Waals surface area contributed by atoms with Gasteiger partial charge in [0.15, 0.2) is 6.10 Å². The van der Waals surface area contributed by atoms with Crippen molar-refractivity contribution in [1.82, 2.24) is 0 Å². The summed E-state index contributed by atoms with van der Waals surface area (Å²) >= 11 is 0. The minimum Gasteiger partial charge on any atom is -0.462 e. The molecule has 0 bridgehead atoms. The highest BCUT2D eigenvalue weighted by atomic mass is 31.2. The highest BCUT2D eigenvalue weighted by molar-refractivity contribution is 7.47. The summed E-state index contributed by atoms with van der Waals surface area (Å²) in [5.41, 5.74) is 0. The Morgan fingerprint density at radius 3 is 1.15 bits per heavy atom. The fraction of sp³-hybridized carbons (Fsp3) is 0.726. The summed E-state index contributed by atoms with van der Waals surface area (Å²) in [6.07, 6.45) is 63.9. The Labute approximate surface area is 451 Å². The smallest absolute Gasteiger partial charge is 0.462 e. The largest absolute Gasteiger partial charge is 0.472 e. The topological polar surface area (TPSA) is 155 Å². The van der Waals surface area contributed by atoms with Crippen molar-refractivity contribution in [3.05, 3.63) is 85.1 Å². The van der Waals surface area contributed by atoms with Gasteiger partial charge in [-0.1, -0.05) is 209 Å². The van der Waals surface area contributed by atoms with Crippen LogP contribution in [0.25, 0.3) is 0 Å². The second-order valence-corrected chi connectivity index (χ2v) is 20.9. The van der Waals surface area contributed by atoms with Crippen molar-refractivity contribution in [2.75, 3.05) is 26.4 Å². The van der Waals surface area contributed by atoms with Gasteiger partial charge >= 0.3 is 25.7 Å². The molecular weight excluding hydrogens is 952 g/mol. The highest BCUT2D eigenvalue weighted by Crippen LogP contribution is 2.43. The molecule has 3 unspecified atom stereocenters. The summed E-state index contributed by atoms with van der Waals surface area (Å²) in [6, 6.07) is 0. The van der Waals surface area contributed by atoms with Crippen molar-refractivity contribution in [3.8, 4) is 0 Å². The van der Waals surface area contributed by atoms with Gasteiger partial charge in [-0.15, -0.1) is 0 Å². The third-order valence-electron chi connectivity index (χ3n) is 12.3. The quantitative estimate of drug-likeness (QED) is 0.0197. The van der Waals surface area contributed by atoms with E-state index in [1.165, 1.54) is 44.9 Å². The Hall–Kier alpha value is -3.34. The van der Waals surface area contributed by atoms with Crippen molar-refractivity contribution in [2.45, 2.75) is 264 Å². The van der Waals surface area contributed by atoms with E-state index in [-0.39, 0.29) is 25.9 Å². The number of aliphatic hydroxyl groups is 1. The molecule has 12 heteroatoms. The predicted molar refractivity (Wildman–Crippen MR) is 307 cm³/mol. The van der Waals surface area contributed by atoms with E-state index in [0.29, 0.717) is 19.3 Å². The van der Waals surface area contributed by atoms with E-state index >= 15 is 0 Å². The maximum atomic E-state index is 12.9. The minimum atomic E-state index is -4.76. The molecule has 0 aliphatic heterocycles. The Balaban J connectivity index is 4.75. The summed E-state index contributed by atoms with van der Waals surface area (Å²) in [7, 11) is -4.76. The van der Waals surface area contributed by atoms with Gasteiger partial charge in [0.1, 0.15) is 12.7 Å². The first kappa shape index (κ1) is 70.7. The Bertz CT molecular complexity index is 1560. The van der Waals surface area contributed by atoms with Gasteiger partial charge in [0.05, 0.1) is 19.8 Å². The van der Waals surface area contributed by atoms with E-state index in [2.05, 4.69) is 106 Å². The van der Waals surface area contributed by atoms with Crippen LogP contribution in [0.1, 0.15) is 252 Å². The molecule has 0 aromatic rings. The molecule has 0 saturated carbocycles. The minimum absolute atomic E-state index is 0.145. The molecule has 0 fully saturated rings. The SMILES string of the molecule is CC/C=C\C/C=C\C/C=C\C/C=C\CCCCCCCCC(=O)OC(COC(=O)CCCCCCC/C=C\C/C=C\CCC)COP(=O)(O)OCC(CO)OC(=O)CCCCCCC/C=C\CCCCCCCC. The fourth-order valence-corrected chi connectivity index (χ4v) is 8.58. The molecule has 0 rings (SSSR count). The molecule has 0 radical (unpaired) electrons. The number of phosphoric acid groups is 1. The lowest BCUT2D eigenvalue weighted by molar-refractivity contribution is -0.161. The number of carbonyl (C=O) groups excluding carboxylic acids is 3. The van der Waals surface area contributed by atoms with Crippen molar-refractivity contribution in [3.63, 3.8) is 0 Å². The molecular formula is C62H107O11P. The van der Waals surface area contributed by atoms with Crippen LogP contribution in [0.2, 0.25) is 0 Å². The van der Waals surface area contributed by atoms with Crippen LogP contribution in [0.5, 0.6) is 0 Å². The average Bonchev–Trinajstić information content (AvgIpc) is 3.39. The molecule has 74 heavy (non-hydrogen) atoms. The molecule has 0 amide bonds. The van der Waals surface area contributed by atoms with Gasteiger partial charge in [-0.2, -0.15) is 0 Å². The van der Waals surface area contributed by atoms with Crippen LogP contribution in [0.4, 0.5) is 0 Å². The first-order valence-corrected chi connectivity index (χ1v) is 31.0. The number of ether oxygens (including phenoxy) is 3. The first-order chi connectivity index (χ1) is 36.2. The summed E-state index contributed by atoms with van der Waals surface area (Å²) < 4.78 is 39.5. The van der Waals surface area contributed by atoms with Crippen molar-refractivity contribution < 1.29 is 52.2 Å². The van der Waals surface area contributed by atoms with Crippen LogP contribution in [-0.2, 0) is 42.2 Å². The highest BCUT2D eigenvalue weighted by Gasteiger charge is 2.28. The lowest BCUT2D eigenvalue weighted by Crippen LogP contribution is -2.30. The van der Waals surface area contributed by atoms with Crippen molar-refractivity contribution in [1.29, 1.82) is 0 Å². The van der Waals surface area contributed by atoms with Gasteiger partial charge in [-0.05, 0) is 109 Å². The zero-order valence-corrected chi connectivity index (χ0v) is 47.9. The Morgan fingerprint density at radius 1 is 0.392 bits per heavy atom. The summed E-state index contributed by atoms with van der Waals surface area (Å²) in [5, 5.41) is 9.82. The Kier molecular flexibility index (Phi) is 53.4. The van der Waals surface area contributed by atoms with Gasteiger partial charge in [0.25, 0.3) is 0 Å². The molecule has 0 aliphatic carbocycles. The van der Waals surface area contributed by atoms with Crippen molar-refractivity contribution in [2.24, 2.45) is 0 Å². The number of hydrogen-bond acceptors (Lipinski definition) is 10. The standard InChI is InChI=1S/C62H107O11P/c1-4-7-10-13-16-19-22-25-27-28-29-30-32-35-38-41-44-47-50-53-62(66)73-59(55-69-60(64)51-48-45-42-39-36-33-24-21-18-15-12-9-6-3)57-71-74(67,68)70-56-58(54-63)72-61(65)52-49-46-43-40-37-34-31-26-23-20-17-14-11-8-5-2/h7,10,12,15-16,19,21,24-27,29-31,58-59,63H,4-6,8-9,11,13-14,17-18,20,22-23,28,32-57H2,1-3H3,(H,67,68)/b10-7-,15-12-,19-16-,24-21-,27-25-,30-29-,31-26-. The molecule has 0 saturated heterocycles. The van der Waals surface area contributed by atoms with Gasteiger partial charge in [-0.25, -0.2) is 4.57 Å². The molecule has 0 aliphatic rings. The summed E-state index contributed by atoms with van der Waals surface area (Å²) in [6.45, 7) is 4.43. The van der Waals surface area contributed by atoms with Crippen molar-refractivity contribution >= 4 is 25.7 Å². The molecule has 0 spiro atoms. The maximum absolute atomic E-state index is 12.9. The van der Waals surface area contributed by atoms with Crippen LogP contribution in [0.15, 0.2) is 85.1 Å². The van der Waals surface area contributed by atoms with Crippen LogP contribution >= 0.6 is 7.82 Å². The zero-order chi connectivity index (χ0) is 54.1. The van der Waals surface area contributed by atoms with Crippen LogP contribution in [-0.4, -0.2) is 66.5 Å². The third-order valence-corrected chi connectivity index (χ3v) is 13.2. The number of allylic oxidation sites excluding steroid dienone is 14. The third kappa shape index (κ3) is 53.5. The van der Waals surface area contributed by atoms with E-state index in [1.54, 1.807) is 0 Å². The van der Waals surface area contributed by atoms with Gasteiger partial charge in [0, 0.05) is 19.3 Å². The summed E-state index contributed by atoms with van der Waals surface area (Å²) in [5.74, 6) is -1.51. The Morgan fingerprint density at radius 2 is 0.730 bits per heavy atom. The second kappa shape index (κ2) is 55.9. The van der Waals surface area contributed by atoms with E-state index in [4.69, 9.17) is 23.3 Å². The number of hydrogen-bond donors (Lipinski definition) is 2. The predicted octanol–water partition coefficient (Wildman–Crippen LogP) is 17.5. The van der Waals surface area contributed by atoms with Gasteiger partial charge in [0.2, 0.25) is 0 Å². The average molecular weight is 1060 g/mol. The molecule has 0 aromatic carbocycles. The monoisotopic (exact) mass is 1060 g/mol. The van der Waals surface area contributed by atoms with E-state index in [0.717, 1.165) is 148 Å². The van der Waals surface area contributed by atoms with Crippen LogP contribution in [0.3, 0.4) is 0 Å². The number of carbonyl (C=O) groups is 3. The number of phosphoric ester groups is 1. The number of unbranched alkanes of at least 4 members (excludes halogenated alkanes) is 23. The van der Waals surface area contributed by atoms with E-state index in [1.807, 2.05) is 0 Å². The molecule has 11 nitrogen and oxygen atoms in total. The van der Waals surface area contributed by atoms with Gasteiger partial charge in [-0.3, -0.25) is 23.4 Å². The molecule has 426 valence electrons. The first-order valence-electron chi connectivity index (χ1n) is 29.5. The number of rotatable bonds is 54. The van der Waals surface area contributed by atoms with E-state index < -0.39 is 57.8 Å². The zero-order valence-electron chi connectivity index (χ0n) is 47.0. The normalized spacial score (nSPS) is 14.0. The molecule has 0 heterocycles. The number of esters is 3. The van der Waals surface area contributed by atoms with E-state index in [9.17, 15) is 28.9 Å². The summed E-state index contributed by atoms with van der Waals surface area (Å²) in [4.78, 5) is 48.6. The van der Waals surface area contributed by atoms with Crippen LogP contribution < -0.4 is 0 Å². The molecule has 3 atom stereocenters. The lowest BCUT2D eigenvalue weighted by atomic mass is 10.1. The second-order valence-electron chi connectivity index (χ2n) is 19.4.